The van der Waals surface area contributed by atoms with Gasteiger partial charge in [0.1, 0.15) is 23.9 Å². The zero-order chi connectivity index (χ0) is 19.6. The lowest BCUT2D eigenvalue weighted by Crippen LogP contribution is -2.36. The molecule has 8 nitrogen and oxygen atoms in total. The van der Waals surface area contributed by atoms with Gasteiger partial charge in [-0.3, -0.25) is 9.52 Å². The Bertz CT molecular complexity index is 974. The summed E-state index contributed by atoms with van der Waals surface area (Å²) in [6.07, 6.45) is 0. The Hall–Kier alpha value is -2.94. The highest BCUT2D eigenvalue weighted by molar-refractivity contribution is 7.92. The molecule has 0 radical (unpaired) electrons. The number of rotatable bonds is 5. The van der Waals surface area contributed by atoms with Crippen molar-refractivity contribution in [3.8, 4) is 17.2 Å². The molecule has 9 heteroatoms. The number of hydrogen-bond donors (Lipinski definition) is 1. The second kappa shape index (κ2) is 7.36. The van der Waals surface area contributed by atoms with E-state index in [1.165, 1.54) is 44.2 Å². The van der Waals surface area contributed by atoms with E-state index in [0.717, 1.165) is 0 Å². The zero-order valence-electron chi connectivity index (χ0n) is 15.2. The largest absolute Gasteiger partial charge is 0.497 e. The van der Waals surface area contributed by atoms with Gasteiger partial charge in [-0.05, 0) is 30.3 Å². The Morgan fingerprint density at radius 3 is 2.59 bits per heavy atom. The Labute approximate surface area is 157 Å². The zero-order valence-corrected chi connectivity index (χ0v) is 16.0. The van der Waals surface area contributed by atoms with Crippen molar-refractivity contribution in [2.75, 3.05) is 37.0 Å². The summed E-state index contributed by atoms with van der Waals surface area (Å²) in [6.45, 7) is 2.15. The molecule has 27 heavy (non-hydrogen) atoms. The predicted molar refractivity (Wildman–Crippen MR) is 100 cm³/mol. The number of sulfonamides is 1. The maximum absolute atomic E-state index is 12.9. The number of nitrogens with zero attached hydrogens (tertiary/aromatic N) is 1. The third kappa shape index (κ3) is 3.77. The van der Waals surface area contributed by atoms with E-state index in [1.54, 1.807) is 18.2 Å². The van der Waals surface area contributed by atoms with E-state index in [1.807, 2.05) is 0 Å². The van der Waals surface area contributed by atoms with Crippen LogP contribution in [0, 0.1) is 0 Å². The second-order valence-electron chi connectivity index (χ2n) is 5.82. The molecule has 0 fully saturated rings. The second-order valence-corrected chi connectivity index (χ2v) is 7.50. The minimum Gasteiger partial charge on any atom is -0.497 e. The van der Waals surface area contributed by atoms with E-state index < -0.39 is 10.0 Å². The third-order valence-electron chi connectivity index (χ3n) is 4.14. The first-order valence-electron chi connectivity index (χ1n) is 8.15. The molecule has 1 aliphatic rings. The van der Waals surface area contributed by atoms with Crippen molar-refractivity contribution in [3.05, 3.63) is 36.4 Å². The van der Waals surface area contributed by atoms with Crippen LogP contribution in [0.3, 0.4) is 0 Å². The van der Waals surface area contributed by atoms with Crippen LogP contribution >= 0.6 is 0 Å². The molecule has 0 saturated carbocycles. The summed E-state index contributed by atoms with van der Waals surface area (Å²) in [5.41, 5.74) is 0.670. The van der Waals surface area contributed by atoms with Crippen LogP contribution in [-0.2, 0) is 14.8 Å². The summed E-state index contributed by atoms with van der Waals surface area (Å²) in [5, 5.41) is 0. The maximum Gasteiger partial charge on any atom is 0.262 e. The minimum atomic E-state index is -3.93. The molecule has 0 saturated heterocycles. The summed E-state index contributed by atoms with van der Waals surface area (Å²) < 4.78 is 44.1. The molecule has 1 N–H and O–H groups in total. The number of carbonyl (C=O) groups excluding carboxylic acids is 1. The average Bonchev–Trinajstić information content (AvgIpc) is 2.66. The fourth-order valence-corrected chi connectivity index (χ4v) is 3.87. The van der Waals surface area contributed by atoms with Crippen LogP contribution in [0.2, 0.25) is 0 Å². The van der Waals surface area contributed by atoms with Crippen LogP contribution in [0.15, 0.2) is 41.3 Å². The number of amides is 1. The minimum absolute atomic E-state index is 0.00266. The summed E-state index contributed by atoms with van der Waals surface area (Å²) in [4.78, 5) is 13.3. The van der Waals surface area contributed by atoms with Gasteiger partial charge in [0.15, 0.2) is 0 Å². The fraction of sp³-hybridized carbons (Fsp3) is 0.278. The Morgan fingerprint density at radius 1 is 1.15 bits per heavy atom. The first kappa shape index (κ1) is 18.8. The summed E-state index contributed by atoms with van der Waals surface area (Å²) in [7, 11) is -1.00. The molecule has 2 aromatic rings. The van der Waals surface area contributed by atoms with Gasteiger partial charge in [-0.2, -0.15) is 0 Å². The van der Waals surface area contributed by atoms with Crippen LogP contribution in [0.4, 0.5) is 11.4 Å². The van der Waals surface area contributed by atoms with E-state index >= 15 is 0 Å². The molecule has 144 valence electrons. The van der Waals surface area contributed by atoms with Gasteiger partial charge in [0, 0.05) is 13.0 Å². The highest BCUT2D eigenvalue weighted by Crippen LogP contribution is 2.35. The van der Waals surface area contributed by atoms with E-state index in [4.69, 9.17) is 14.2 Å². The monoisotopic (exact) mass is 392 g/mol. The third-order valence-corrected chi connectivity index (χ3v) is 5.50. The van der Waals surface area contributed by atoms with Crippen molar-refractivity contribution in [1.82, 2.24) is 0 Å². The number of ether oxygens (including phenoxy) is 3. The summed E-state index contributed by atoms with van der Waals surface area (Å²) in [6, 6.07) is 9.19. The number of nitrogens with one attached hydrogen (secondary N) is 1. The molecule has 1 heterocycles. The summed E-state index contributed by atoms with van der Waals surface area (Å²) >= 11 is 0. The topological polar surface area (TPSA) is 94.2 Å². The van der Waals surface area contributed by atoms with Crippen LogP contribution < -0.4 is 23.8 Å². The lowest BCUT2D eigenvalue weighted by atomic mass is 10.2. The van der Waals surface area contributed by atoms with Gasteiger partial charge in [0.05, 0.1) is 37.0 Å². The van der Waals surface area contributed by atoms with Crippen LogP contribution in [0.25, 0.3) is 0 Å². The summed E-state index contributed by atoms with van der Waals surface area (Å²) in [5.74, 6) is 1.12. The first-order valence-corrected chi connectivity index (χ1v) is 9.64. The van der Waals surface area contributed by atoms with Gasteiger partial charge in [-0.15, -0.1) is 0 Å². The molecular weight excluding hydrogens is 372 g/mol. The SMILES string of the molecule is COc1ccc(OC)c(NS(=O)(=O)c2ccc3c(c2)N(C(C)=O)CCO3)c1. The molecule has 0 spiro atoms. The molecule has 0 bridgehead atoms. The van der Waals surface area contributed by atoms with Crippen LogP contribution in [0.5, 0.6) is 17.2 Å². The lowest BCUT2D eigenvalue weighted by molar-refractivity contribution is -0.116. The van der Waals surface area contributed by atoms with Gasteiger partial charge in [-0.1, -0.05) is 0 Å². The van der Waals surface area contributed by atoms with E-state index in [2.05, 4.69) is 4.72 Å². The average molecular weight is 392 g/mol. The van der Waals surface area contributed by atoms with Crippen molar-refractivity contribution < 1.29 is 27.4 Å². The van der Waals surface area contributed by atoms with Gasteiger partial charge < -0.3 is 19.1 Å². The molecule has 3 rings (SSSR count). The number of benzene rings is 2. The molecule has 0 aliphatic carbocycles. The molecule has 0 aromatic heterocycles. The Morgan fingerprint density at radius 2 is 1.93 bits per heavy atom. The molecule has 1 aliphatic heterocycles. The van der Waals surface area contributed by atoms with Crippen LogP contribution in [0.1, 0.15) is 6.92 Å². The maximum atomic E-state index is 12.9. The number of fused-ring (bicyclic) bond motifs is 1. The number of hydrogen-bond acceptors (Lipinski definition) is 6. The van der Waals surface area contributed by atoms with Gasteiger partial charge >= 0.3 is 0 Å². The number of methoxy groups -OCH3 is 2. The standard InChI is InChI=1S/C18H20N2O6S/c1-12(21)20-8-9-26-18-7-5-14(11-16(18)20)27(22,23)19-15-10-13(24-2)4-6-17(15)25-3/h4-7,10-11,19H,8-9H2,1-3H3. The van der Waals surface area contributed by atoms with Crippen molar-refractivity contribution in [1.29, 1.82) is 0 Å². The highest BCUT2D eigenvalue weighted by atomic mass is 32.2. The Balaban J connectivity index is 1.99. The molecule has 1 amide bonds. The fourth-order valence-electron chi connectivity index (χ4n) is 2.79. The van der Waals surface area contributed by atoms with Crippen molar-refractivity contribution in [3.63, 3.8) is 0 Å². The Kier molecular flexibility index (Phi) is 5.13. The first-order chi connectivity index (χ1) is 12.9. The van der Waals surface area contributed by atoms with E-state index in [0.29, 0.717) is 36.1 Å². The molecule has 0 atom stereocenters. The van der Waals surface area contributed by atoms with Crippen LogP contribution in [-0.4, -0.2) is 41.7 Å². The predicted octanol–water partition coefficient (Wildman–Crippen LogP) is 2.25. The van der Waals surface area contributed by atoms with Gasteiger partial charge in [-0.25, -0.2) is 8.42 Å². The van der Waals surface area contributed by atoms with Gasteiger partial charge in [0.25, 0.3) is 10.0 Å². The number of carbonyl (C=O) groups is 1. The normalized spacial score (nSPS) is 13.4. The lowest BCUT2D eigenvalue weighted by Gasteiger charge is -2.29. The van der Waals surface area contributed by atoms with Crippen molar-refractivity contribution >= 4 is 27.3 Å². The quantitative estimate of drug-likeness (QED) is 0.839. The number of anilines is 2. The smallest absolute Gasteiger partial charge is 0.262 e. The highest BCUT2D eigenvalue weighted by Gasteiger charge is 2.25. The molecular formula is C18H20N2O6S. The van der Waals surface area contributed by atoms with E-state index in [9.17, 15) is 13.2 Å². The van der Waals surface area contributed by atoms with E-state index in [-0.39, 0.29) is 16.5 Å². The van der Waals surface area contributed by atoms with Crippen molar-refractivity contribution in [2.45, 2.75) is 11.8 Å². The van der Waals surface area contributed by atoms with Crippen molar-refractivity contribution in [2.24, 2.45) is 0 Å². The van der Waals surface area contributed by atoms with Gasteiger partial charge in [0.2, 0.25) is 5.91 Å². The molecule has 0 unspecified atom stereocenters. The molecule has 2 aromatic carbocycles.